The van der Waals surface area contributed by atoms with Gasteiger partial charge < -0.3 is 9.80 Å². The number of amides is 2. The fourth-order valence-corrected chi connectivity index (χ4v) is 5.67. The summed E-state index contributed by atoms with van der Waals surface area (Å²) in [4.78, 5) is 53.6. The minimum atomic E-state index is -0.460. The molecule has 0 saturated heterocycles. The van der Waals surface area contributed by atoms with E-state index >= 15 is 0 Å². The first-order valence-electron chi connectivity index (χ1n) is 12.8. The van der Waals surface area contributed by atoms with E-state index in [0.717, 1.165) is 16.7 Å². The molecule has 0 bridgehead atoms. The zero-order valence-electron chi connectivity index (χ0n) is 21.7. The Morgan fingerprint density at radius 1 is 0.850 bits per heavy atom. The predicted molar refractivity (Wildman–Crippen MR) is 150 cm³/mol. The molecule has 0 aliphatic carbocycles. The number of halogens is 1. The predicted octanol–water partition coefficient (Wildman–Crippen LogP) is 4.70. The summed E-state index contributed by atoms with van der Waals surface area (Å²) in [5.41, 5.74) is 3.43. The zero-order valence-corrected chi connectivity index (χ0v) is 22.4. The molecular weight excluding hydrogens is 538 g/mol. The third kappa shape index (κ3) is 5.25. The molecule has 2 amide bonds. The van der Waals surface area contributed by atoms with Crippen molar-refractivity contribution in [2.24, 2.45) is 0 Å². The molecule has 1 atom stereocenters. The van der Waals surface area contributed by atoms with Crippen molar-refractivity contribution in [2.75, 3.05) is 36.0 Å². The monoisotopic (exact) mass is 563 g/mol. The molecule has 0 fully saturated rings. The molecule has 12 heteroatoms. The van der Waals surface area contributed by atoms with Gasteiger partial charge in [0.05, 0.1) is 22.9 Å². The standard InChI is InChI=1S/C28H26ClN5O6/c1-18(23-4-2-3-5-24(23)29)30(16-27(35)31-12-10-19-14-21(33(37)38)6-8-25(19)31)17-28(36)32-13-11-20-15-22(34(39)40)7-9-26(20)32/h2-9,14-15,18H,10-13,16-17H2,1H3/t18-/m1/s1. The summed E-state index contributed by atoms with van der Waals surface area (Å²) in [6.07, 6.45) is 0.997. The lowest BCUT2D eigenvalue weighted by Gasteiger charge is -2.32. The Balaban J connectivity index is 1.39. The number of fused-ring (bicyclic) bond motifs is 2. The van der Waals surface area contributed by atoms with Crippen LogP contribution in [0.1, 0.15) is 29.7 Å². The van der Waals surface area contributed by atoms with E-state index < -0.39 is 9.85 Å². The van der Waals surface area contributed by atoms with Crippen molar-refractivity contribution in [3.8, 4) is 0 Å². The number of non-ortho nitro benzene ring substituents is 2. The first-order valence-corrected chi connectivity index (χ1v) is 13.2. The normalized spacial score (nSPS) is 14.7. The van der Waals surface area contributed by atoms with E-state index in [4.69, 9.17) is 11.6 Å². The molecule has 11 nitrogen and oxygen atoms in total. The molecule has 0 saturated carbocycles. The van der Waals surface area contributed by atoms with E-state index in [9.17, 15) is 29.8 Å². The number of carbonyl (C=O) groups is 2. The van der Waals surface area contributed by atoms with Gasteiger partial charge in [-0.1, -0.05) is 29.8 Å². The molecule has 0 N–H and O–H groups in total. The molecule has 2 aliphatic heterocycles. The maximum Gasteiger partial charge on any atom is 0.269 e. The van der Waals surface area contributed by atoms with Crippen molar-refractivity contribution >= 4 is 46.2 Å². The smallest absolute Gasteiger partial charge is 0.269 e. The van der Waals surface area contributed by atoms with Crippen LogP contribution in [-0.2, 0) is 22.4 Å². The number of hydrogen-bond acceptors (Lipinski definition) is 7. The van der Waals surface area contributed by atoms with Crippen LogP contribution in [-0.4, -0.2) is 52.7 Å². The lowest BCUT2D eigenvalue weighted by Crippen LogP contribution is -2.46. The summed E-state index contributed by atoms with van der Waals surface area (Å²) in [6, 6.07) is 15.8. The zero-order chi connectivity index (χ0) is 28.6. The second kappa shape index (κ2) is 11.0. The number of benzene rings is 3. The quantitative estimate of drug-likeness (QED) is 0.287. The van der Waals surface area contributed by atoms with E-state index in [1.165, 1.54) is 24.3 Å². The van der Waals surface area contributed by atoms with Crippen molar-refractivity contribution in [1.29, 1.82) is 0 Å². The van der Waals surface area contributed by atoms with Gasteiger partial charge in [-0.15, -0.1) is 0 Å². The van der Waals surface area contributed by atoms with Crippen LogP contribution in [0, 0.1) is 20.2 Å². The average molecular weight is 564 g/mol. The van der Waals surface area contributed by atoms with Crippen LogP contribution in [0.5, 0.6) is 0 Å². The number of nitro groups is 2. The van der Waals surface area contributed by atoms with Crippen LogP contribution in [0.25, 0.3) is 0 Å². The van der Waals surface area contributed by atoms with Crippen LogP contribution >= 0.6 is 11.6 Å². The van der Waals surface area contributed by atoms with E-state index in [1.807, 2.05) is 19.1 Å². The second-order valence-corrected chi connectivity index (χ2v) is 10.2. The van der Waals surface area contributed by atoms with Crippen molar-refractivity contribution in [3.05, 3.63) is 103 Å². The third-order valence-electron chi connectivity index (χ3n) is 7.52. The van der Waals surface area contributed by atoms with Gasteiger partial charge in [-0.3, -0.25) is 34.7 Å². The first kappa shape index (κ1) is 27.2. The number of anilines is 2. The Hall–Kier alpha value is -4.35. The Morgan fingerprint density at radius 3 is 1.77 bits per heavy atom. The molecule has 206 valence electrons. The van der Waals surface area contributed by atoms with E-state index in [1.54, 1.807) is 39.0 Å². The van der Waals surface area contributed by atoms with Crippen molar-refractivity contribution in [2.45, 2.75) is 25.8 Å². The summed E-state index contributed by atoms with van der Waals surface area (Å²) in [7, 11) is 0. The van der Waals surface area contributed by atoms with Gasteiger partial charge in [0.15, 0.2) is 0 Å². The lowest BCUT2D eigenvalue weighted by atomic mass is 10.1. The van der Waals surface area contributed by atoms with Crippen LogP contribution in [0.2, 0.25) is 5.02 Å². The number of carbonyl (C=O) groups excluding carboxylic acids is 2. The summed E-state index contributed by atoms with van der Waals surface area (Å²) in [5.74, 6) is -0.478. The minimum Gasteiger partial charge on any atom is -0.311 e. The van der Waals surface area contributed by atoms with Crippen molar-refractivity contribution in [3.63, 3.8) is 0 Å². The van der Waals surface area contributed by atoms with Gasteiger partial charge in [0.2, 0.25) is 11.8 Å². The second-order valence-electron chi connectivity index (χ2n) is 9.83. The summed E-state index contributed by atoms with van der Waals surface area (Å²) >= 11 is 6.48. The maximum absolute atomic E-state index is 13.6. The van der Waals surface area contributed by atoms with Crippen molar-refractivity contribution < 1.29 is 19.4 Å². The molecule has 0 unspecified atom stereocenters. The van der Waals surface area contributed by atoms with Crippen LogP contribution in [0.4, 0.5) is 22.7 Å². The molecule has 0 radical (unpaired) electrons. The Bertz CT molecular complexity index is 1440. The molecule has 2 aliphatic rings. The third-order valence-corrected chi connectivity index (χ3v) is 7.86. The van der Waals surface area contributed by atoms with Gasteiger partial charge >= 0.3 is 0 Å². The van der Waals surface area contributed by atoms with E-state index in [2.05, 4.69) is 0 Å². The summed E-state index contributed by atoms with van der Waals surface area (Å²) in [6.45, 7) is 2.47. The Labute approximate surface area is 234 Å². The van der Waals surface area contributed by atoms with Gasteiger partial charge in [-0.05, 0) is 54.7 Å². The molecule has 3 aromatic rings. The average Bonchev–Trinajstić information content (AvgIpc) is 3.56. The first-order chi connectivity index (χ1) is 19.1. The molecule has 40 heavy (non-hydrogen) atoms. The van der Waals surface area contributed by atoms with Crippen LogP contribution < -0.4 is 9.80 Å². The topological polar surface area (TPSA) is 130 Å². The summed E-state index contributed by atoms with van der Waals surface area (Å²) < 4.78 is 0. The fraction of sp³-hybridized carbons (Fsp3) is 0.286. The van der Waals surface area contributed by atoms with E-state index in [0.29, 0.717) is 42.3 Å². The molecule has 3 aromatic carbocycles. The molecule has 0 spiro atoms. The fourth-order valence-electron chi connectivity index (χ4n) is 5.38. The molecule has 0 aromatic heterocycles. The molecule has 5 rings (SSSR count). The molecular formula is C28H26ClN5O6. The number of nitro benzene ring substituents is 2. The summed E-state index contributed by atoms with van der Waals surface area (Å²) in [5, 5.41) is 22.9. The van der Waals surface area contributed by atoms with Gasteiger partial charge in [-0.2, -0.15) is 0 Å². The van der Waals surface area contributed by atoms with Crippen LogP contribution in [0.15, 0.2) is 60.7 Å². The minimum absolute atomic E-state index is 0.0242. The SMILES string of the molecule is C[C@H](c1ccccc1Cl)N(CC(=O)N1CCc2cc([N+](=O)[O-])ccc21)CC(=O)N1CCc2cc([N+](=O)[O-])ccc21. The van der Waals surface area contributed by atoms with Gasteiger partial charge in [0.25, 0.3) is 11.4 Å². The number of rotatable bonds is 8. The van der Waals surface area contributed by atoms with Crippen molar-refractivity contribution in [1.82, 2.24) is 4.90 Å². The van der Waals surface area contributed by atoms with Crippen LogP contribution in [0.3, 0.4) is 0 Å². The number of nitrogens with zero attached hydrogens (tertiary/aromatic N) is 5. The largest absolute Gasteiger partial charge is 0.311 e. The highest BCUT2D eigenvalue weighted by molar-refractivity contribution is 6.31. The molecule has 2 heterocycles. The van der Waals surface area contributed by atoms with E-state index in [-0.39, 0.29) is 42.3 Å². The maximum atomic E-state index is 13.6. The highest BCUT2D eigenvalue weighted by atomic mass is 35.5. The van der Waals surface area contributed by atoms with Gasteiger partial charge in [-0.25, -0.2) is 0 Å². The lowest BCUT2D eigenvalue weighted by molar-refractivity contribution is -0.385. The highest BCUT2D eigenvalue weighted by Crippen LogP contribution is 2.34. The Kier molecular flexibility index (Phi) is 7.51. The number of hydrogen-bond donors (Lipinski definition) is 0. The highest BCUT2D eigenvalue weighted by Gasteiger charge is 2.33. The Morgan fingerprint density at radius 2 is 1.32 bits per heavy atom. The van der Waals surface area contributed by atoms with Gasteiger partial charge in [0, 0.05) is 59.8 Å². The van der Waals surface area contributed by atoms with Gasteiger partial charge in [0.1, 0.15) is 0 Å².